The Morgan fingerprint density at radius 2 is 2.18 bits per heavy atom. The first-order valence-corrected chi connectivity index (χ1v) is 3.30. The lowest BCUT2D eigenvalue weighted by atomic mass is 10.3. The average Bonchev–Trinajstić information content (AvgIpc) is 1.97. The molecule has 1 amide bonds. The van der Waals surface area contributed by atoms with Gasteiger partial charge in [-0.2, -0.15) is 0 Å². The molecular weight excluding hydrogens is 146 g/mol. The van der Waals surface area contributed by atoms with Crippen LogP contribution >= 0.6 is 0 Å². The molecule has 0 saturated carbocycles. The summed E-state index contributed by atoms with van der Waals surface area (Å²) in [6.45, 7) is 0.297. The van der Waals surface area contributed by atoms with Gasteiger partial charge in [0.1, 0.15) is 0 Å². The van der Waals surface area contributed by atoms with E-state index in [2.05, 4.69) is 9.73 Å². The molecule has 0 aliphatic rings. The fourth-order valence-corrected chi connectivity index (χ4v) is 0.538. The van der Waals surface area contributed by atoms with Crippen molar-refractivity contribution in [2.24, 2.45) is 16.5 Å². The summed E-state index contributed by atoms with van der Waals surface area (Å²) in [6, 6.07) is 0. The van der Waals surface area contributed by atoms with Crippen molar-refractivity contribution in [2.75, 3.05) is 13.7 Å². The molecule has 0 unspecified atom stereocenters. The Morgan fingerprint density at radius 3 is 2.64 bits per heavy atom. The van der Waals surface area contributed by atoms with Crippen LogP contribution in [0, 0.1) is 0 Å². The molecular formula is C6H13N3O2. The van der Waals surface area contributed by atoms with Gasteiger partial charge in [-0.1, -0.05) is 0 Å². The molecule has 0 heterocycles. The molecule has 0 aromatic heterocycles. The number of hydrogen-bond donors (Lipinski definition) is 2. The Kier molecular flexibility index (Phi) is 4.89. The highest BCUT2D eigenvalue weighted by molar-refractivity contribution is 5.80. The smallest absolute Gasteiger partial charge is 0.404 e. The van der Waals surface area contributed by atoms with Gasteiger partial charge in [-0.25, -0.2) is 4.79 Å². The van der Waals surface area contributed by atoms with Gasteiger partial charge in [0.25, 0.3) is 0 Å². The maximum atomic E-state index is 10.1. The van der Waals surface area contributed by atoms with Gasteiger partial charge in [0.2, 0.25) is 0 Å². The van der Waals surface area contributed by atoms with E-state index in [1.807, 2.05) is 0 Å². The second kappa shape index (κ2) is 5.52. The minimum atomic E-state index is -0.753. The highest BCUT2D eigenvalue weighted by Crippen LogP contribution is 1.89. The van der Waals surface area contributed by atoms with E-state index in [0.717, 1.165) is 0 Å². The number of carbonyl (C=O) groups excluding carboxylic acids is 1. The van der Waals surface area contributed by atoms with Crippen LogP contribution in [-0.2, 0) is 4.74 Å². The molecule has 0 atom stereocenters. The summed E-state index contributed by atoms with van der Waals surface area (Å²) in [7, 11) is 1.62. The van der Waals surface area contributed by atoms with Crippen LogP contribution in [0.3, 0.4) is 0 Å². The van der Waals surface area contributed by atoms with E-state index in [0.29, 0.717) is 25.3 Å². The summed E-state index contributed by atoms with van der Waals surface area (Å²) in [6.07, 6.45) is 0.535. The summed E-state index contributed by atoms with van der Waals surface area (Å²) in [5, 5.41) is 0. The molecule has 0 aromatic carbocycles. The molecule has 0 spiro atoms. The number of amides is 1. The third kappa shape index (κ3) is 6.63. The van der Waals surface area contributed by atoms with Crippen molar-refractivity contribution in [3.05, 3.63) is 0 Å². The van der Waals surface area contributed by atoms with E-state index in [-0.39, 0.29) is 0 Å². The summed E-state index contributed by atoms with van der Waals surface area (Å²) in [5.74, 6) is 0.554. The van der Waals surface area contributed by atoms with Crippen molar-refractivity contribution < 1.29 is 9.53 Å². The Bertz CT molecular complexity index is 156. The van der Waals surface area contributed by atoms with Crippen molar-refractivity contribution in [1.82, 2.24) is 0 Å². The number of rotatable bonds is 4. The van der Waals surface area contributed by atoms with Gasteiger partial charge < -0.3 is 16.2 Å². The third-order valence-corrected chi connectivity index (χ3v) is 1.11. The minimum absolute atomic E-state index is 0.297. The van der Waals surface area contributed by atoms with Crippen LogP contribution in [0.1, 0.15) is 12.8 Å². The van der Waals surface area contributed by atoms with Crippen LogP contribution in [0.2, 0.25) is 0 Å². The molecule has 0 bridgehead atoms. The fourth-order valence-electron chi connectivity index (χ4n) is 0.538. The second-order valence-electron chi connectivity index (χ2n) is 1.99. The monoisotopic (exact) mass is 159 g/mol. The number of carbonyl (C=O) groups is 1. The lowest BCUT2D eigenvalue weighted by Crippen LogP contribution is -2.16. The minimum Gasteiger partial charge on any atom is -0.450 e. The van der Waals surface area contributed by atoms with E-state index >= 15 is 0 Å². The van der Waals surface area contributed by atoms with Crippen LogP contribution in [-0.4, -0.2) is 25.6 Å². The zero-order chi connectivity index (χ0) is 8.69. The Labute approximate surface area is 65.4 Å². The number of hydrogen-bond acceptors (Lipinski definition) is 3. The maximum Gasteiger partial charge on any atom is 0.404 e. The van der Waals surface area contributed by atoms with E-state index < -0.39 is 6.09 Å². The largest absolute Gasteiger partial charge is 0.450 e. The Morgan fingerprint density at radius 1 is 1.55 bits per heavy atom. The topological polar surface area (TPSA) is 90.7 Å². The zero-order valence-electron chi connectivity index (χ0n) is 6.54. The summed E-state index contributed by atoms with van der Waals surface area (Å²) < 4.78 is 4.47. The first-order chi connectivity index (χ1) is 5.16. The van der Waals surface area contributed by atoms with Gasteiger partial charge in [-0.05, 0) is 6.42 Å². The average molecular weight is 159 g/mol. The predicted molar refractivity (Wildman–Crippen MR) is 42.3 cm³/mol. The van der Waals surface area contributed by atoms with Gasteiger partial charge in [-0.3, -0.25) is 4.99 Å². The number of aliphatic imine (C=N–C) groups is 1. The number of primary amides is 1. The van der Waals surface area contributed by atoms with Gasteiger partial charge >= 0.3 is 6.09 Å². The van der Waals surface area contributed by atoms with Crippen molar-refractivity contribution in [3.8, 4) is 0 Å². The van der Waals surface area contributed by atoms with Gasteiger partial charge in [0.15, 0.2) is 0 Å². The molecule has 5 heteroatoms. The fraction of sp³-hybridized carbons (Fsp3) is 0.667. The quantitative estimate of drug-likeness (QED) is 0.339. The van der Waals surface area contributed by atoms with Crippen LogP contribution in [0.4, 0.5) is 4.79 Å². The van der Waals surface area contributed by atoms with Crippen molar-refractivity contribution >= 4 is 11.9 Å². The predicted octanol–water partition coefficient (Wildman–Crippen LogP) is -0.151. The molecule has 64 valence electrons. The van der Waals surface area contributed by atoms with E-state index in [1.165, 1.54) is 0 Å². The van der Waals surface area contributed by atoms with Crippen LogP contribution in [0.25, 0.3) is 0 Å². The first kappa shape index (κ1) is 9.74. The van der Waals surface area contributed by atoms with Crippen LogP contribution < -0.4 is 11.5 Å². The molecule has 11 heavy (non-hydrogen) atoms. The molecule has 0 aromatic rings. The zero-order valence-corrected chi connectivity index (χ0v) is 6.54. The number of nitrogens with two attached hydrogens (primary N) is 2. The SMILES string of the molecule is CN=C(N)CCCOC(N)=O. The van der Waals surface area contributed by atoms with Crippen molar-refractivity contribution in [3.63, 3.8) is 0 Å². The molecule has 0 radical (unpaired) electrons. The second-order valence-corrected chi connectivity index (χ2v) is 1.99. The van der Waals surface area contributed by atoms with Crippen LogP contribution in [0.5, 0.6) is 0 Å². The first-order valence-electron chi connectivity index (χ1n) is 3.30. The molecule has 5 nitrogen and oxygen atoms in total. The number of ether oxygens (including phenoxy) is 1. The third-order valence-electron chi connectivity index (χ3n) is 1.11. The Hall–Kier alpha value is -1.26. The number of amidine groups is 1. The maximum absolute atomic E-state index is 10.1. The van der Waals surface area contributed by atoms with E-state index in [4.69, 9.17) is 11.5 Å². The van der Waals surface area contributed by atoms with E-state index in [1.54, 1.807) is 7.05 Å². The molecule has 0 aliphatic carbocycles. The highest BCUT2D eigenvalue weighted by atomic mass is 16.5. The molecule has 0 aliphatic heterocycles. The molecule has 0 rings (SSSR count). The van der Waals surface area contributed by atoms with Crippen LogP contribution in [0.15, 0.2) is 4.99 Å². The Balaban J connectivity index is 3.21. The standard InChI is InChI=1S/C6H13N3O2/c1-9-5(7)3-2-4-11-6(8)10/h2-4H2,1H3,(H2,7,9)(H2,8,10). The molecule has 0 fully saturated rings. The lowest BCUT2D eigenvalue weighted by Gasteiger charge is -1.99. The summed E-state index contributed by atoms with van der Waals surface area (Å²) in [4.78, 5) is 13.8. The number of nitrogens with zero attached hydrogens (tertiary/aromatic N) is 1. The normalized spacial score (nSPS) is 11.2. The van der Waals surface area contributed by atoms with Gasteiger partial charge in [0.05, 0.1) is 12.4 Å². The summed E-state index contributed by atoms with van der Waals surface area (Å²) in [5.41, 5.74) is 10.1. The summed E-state index contributed by atoms with van der Waals surface area (Å²) >= 11 is 0. The van der Waals surface area contributed by atoms with Gasteiger partial charge in [-0.15, -0.1) is 0 Å². The van der Waals surface area contributed by atoms with E-state index in [9.17, 15) is 4.79 Å². The van der Waals surface area contributed by atoms with Gasteiger partial charge in [0, 0.05) is 13.5 Å². The lowest BCUT2D eigenvalue weighted by molar-refractivity contribution is 0.156. The molecule has 4 N–H and O–H groups in total. The van der Waals surface area contributed by atoms with Crippen molar-refractivity contribution in [1.29, 1.82) is 0 Å². The highest BCUT2D eigenvalue weighted by Gasteiger charge is 1.94. The molecule has 0 saturated heterocycles. The van der Waals surface area contributed by atoms with Crippen molar-refractivity contribution in [2.45, 2.75) is 12.8 Å².